The number of aromatic nitrogens is 2. The maximum absolute atomic E-state index is 13.7. The second kappa shape index (κ2) is 16.4. The quantitative estimate of drug-likeness (QED) is 0.190. The van der Waals surface area contributed by atoms with E-state index in [1.165, 1.54) is 0 Å². The van der Waals surface area contributed by atoms with E-state index in [1.807, 2.05) is 59.2 Å². The van der Waals surface area contributed by atoms with Crippen molar-refractivity contribution in [2.75, 3.05) is 25.0 Å². The van der Waals surface area contributed by atoms with Gasteiger partial charge in [0.1, 0.15) is 12.1 Å². The first kappa shape index (κ1) is 37.9. The van der Waals surface area contributed by atoms with Gasteiger partial charge in [-0.3, -0.25) is 14.9 Å². The summed E-state index contributed by atoms with van der Waals surface area (Å²) in [7, 11) is 0. The van der Waals surface area contributed by atoms with Crippen molar-refractivity contribution in [1.82, 2.24) is 25.1 Å². The minimum absolute atomic E-state index is 0.131. The number of anilines is 1. The molecule has 4 atom stereocenters. The van der Waals surface area contributed by atoms with Gasteiger partial charge in [-0.15, -0.1) is 0 Å². The minimum atomic E-state index is -1.43. The normalized spacial score (nSPS) is 19.2. The highest BCUT2D eigenvalue weighted by Gasteiger charge is 2.38. The van der Waals surface area contributed by atoms with Gasteiger partial charge in [0.05, 0.1) is 36.7 Å². The molecule has 1 saturated heterocycles. The summed E-state index contributed by atoms with van der Waals surface area (Å²) in [5.41, 5.74) is 1.03. The summed E-state index contributed by atoms with van der Waals surface area (Å²) < 4.78 is 19.4. The number of carbonyl (C=O) groups is 3. The fourth-order valence-corrected chi connectivity index (χ4v) is 6.29. The zero-order valence-electron chi connectivity index (χ0n) is 30.4. The number of imidazole rings is 1. The van der Waals surface area contributed by atoms with Crippen molar-refractivity contribution in [3.05, 3.63) is 83.8 Å². The molecule has 3 amide bonds. The molecule has 51 heavy (non-hydrogen) atoms. The van der Waals surface area contributed by atoms with Gasteiger partial charge >= 0.3 is 6.09 Å². The SMILES string of the molecule is CC1CCN(C(=O)O[C@H]2Cc3ccccc3C2n2cnc(NC(=O)[C@@H](COCc3ccccc3)NC(=O)C(C)(C)NC(O)OC(C)(C)C)c2)CC1. The van der Waals surface area contributed by atoms with E-state index in [1.54, 1.807) is 52.0 Å². The van der Waals surface area contributed by atoms with Crippen molar-refractivity contribution in [2.45, 2.75) is 103 Å². The molecule has 0 radical (unpaired) electrons. The smallest absolute Gasteiger partial charge is 0.410 e. The molecule has 2 aliphatic rings. The lowest BCUT2D eigenvalue weighted by atomic mass is 10.00. The van der Waals surface area contributed by atoms with Gasteiger partial charge in [-0.05, 0) is 70.1 Å². The number of nitrogens with one attached hydrogen (secondary N) is 3. The van der Waals surface area contributed by atoms with Crippen LogP contribution in [-0.4, -0.2) is 86.9 Å². The number of piperidine rings is 1. The number of benzene rings is 2. The van der Waals surface area contributed by atoms with Crippen LogP contribution in [0.3, 0.4) is 0 Å². The number of likely N-dealkylation sites (tertiary alicyclic amines) is 1. The number of fused-ring (bicyclic) bond motifs is 1. The first-order valence-electron chi connectivity index (χ1n) is 17.6. The summed E-state index contributed by atoms with van der Waals surface area (Å²) in [4.78, 5) is 46.7. The van der Waals surface area contributed by atoms with Crippen LogP contribution < -0.4 is 16.0 Å². The monoisotopic (exact) mass is 704 g/mol. The van der Waals surface area contributed by atoms with Crippen LogP contribution in [0.4, 0.5) is 10.6 Å². The molecule has 4 N–H and O–H groups in total. The number of aliphatic hydroxyl groups excluding tert-OH is 1. The van der Waals surface area contributed by atoms with Gasteiger partial charge in [0.15, 0.2) is 5.82 Å². The predicted molar refractivity (Wildman–Crippen MR) is 191 cm³/mol. The van der Waals surface area contributed by atoms with Gasteiger partial charge in [0.25, 0.3) is 5.91 Å². The van der Waals surface area contributed by atoms with Crippen molar-refractivity contribution in [1.29, 1.82) is 0 Å². The third-order valence-electron chi connectivity index (χ3n) is 9.15. The standard InChI is InChI=1S/C38H52N6O7/c1-25-16-18-43(19-17-25)36(48)50-30-20-27-14-10-11-15-28(27)32(30)44-21-31(39-24-44)41-33(45)29(23-49-22-26-12-8-7-9-13-26)40-34(46)38(5,6)42-35(47)51-37(2,3)4/h7-15,21,24-25,29-30,32,35,42,47H,16-20,22-23H2,1-6H3,(H,40,46)(H,41,45)/t29-,30+,32?,35?/m1/s1. The highest BCUT2D eigenvalue weighted by Crippen LogP contribution is 2.37. The van der Waals surface area contributed by atoms with E-state index < -0.39 is 41.5 Å². The lowest BCUT2D eigenvalue weighted by Gasteiger charge is -2.32. The van der Waals surface area contributed by atoms with Gasteiger partial charge in [0, 0.05) is 25.7 Å². The van der Waals surface area contributed by atoms with Crippen LogP contribution in [0.15, 0.2) is 67.1 Å². The number of nitrogens with zero attached hydrogens (tertiary/aromatic N) is 3. The number of carbonyl (C=O) groups excluding carboxylic acids is 3. The zero-order chi connectivity index (χ0) is 36.8. The zero-order valence-corrected chi connectivity index (χ0v) is 30.4. The van der Waals surface area contributed by atoms with Crippen LogP contribution >= 0.6 is 0 Å². The lowest BCUT2D eigenvalue weighted by molar-refractivity contribution is -0.192. The Bertz CT molecular complexity index is 1630. The van der Waals surface area contributed by atoms with Crippen LogP contribution in [0.5, 0.6) is 0 Å². The Balaban J connectivity index is 1.29. The highest BCUT2D eigenvalue weighted by atomic mass is 16.6. The van der Waals surface area contributed by atoms with Crippen molar-refractivity contribution in [2.24, 2.45) is 5.92 Å². The third kappa shape index (κ3) is 10.4. The van der Waals surface area contributed by atoms with Crippen molar-refractivity contribution in [3.8, 4) is 0 Å². The second-order valence-corrected chi connectivity index (χ2v) is 15.0. The molecule has 1 aliphatic carbocycles. The van der Waals surface area contributed by atoms with Gasteiger partial charge in [-0.2, -0.15) is 0 Å². The van der Waals surface area contributed by atoms with E-state index in [-0.39, 0.29) is 31.2 Å². The van der Waals surface area contributed by atoms with Gasteiger partial charge in [-0.1, -0.05) is 61.5 Å². The molecule has 2 aromatic carbocycles. The largest absolute Gasteiger partial charge is 0.443 e. The van der Waals surface area contributed by atoms with E-state index >= 15 is 0 Å². The Morgan fingerprint density at radius 2 is 1.69 bits per heavy atom. The summed E-state index contributed by atoms with van der Waals surface area (Å²) in [6.07, 6.45) is 3.56. The van der Waals surface area contributed by atoms with Gasteiger partial charge in [-0.25, -0.2) is 9.78 Å². The average Bonchev–Trinajstić information content (AvgIpc) is 3.67. The molecule has 1 fully saturated rings. The molecule has 276 valence electrons. The number of amides is 3. The molecule has 2 unspecified atom stereocenters. The molecule has 5 rings (SSSR count). The van der Waals surface area contributed by atoms with Crippen molar-refractivity contribution >= 4 is 23.7 Å². The van der Waals surface area contributed by atoms with Crippen molar-refractivity contribution < 1.29 is 33.7 Å². The summed E-state index contributed by atoms with van der Waals surface area (Å²) in [5.74, 6) is -0.251. The molecule has 0 bridgehead atoms. The Kier molecular flexibility index (Phi) is 12.2. The van der Waals surface area contributed by atoms with Crippen LogP contribution in [0.25, 0.3) is 0 Å². The molecule has 13 nitrogen and oxygen atoms in total. The Labute approximate surface area is 300 Å². The van der Waals surface area contributed by atoms with Crippen molar-refractivity contribution in [3.63, 3.8) is 0 Å². The van der Waals surface area contributed by atoms with Gasteiger partial charge < -0.3 is 39.4 Å². The topological polar surface area (TPSA) is 156 Å². The number of ether oxygens (including phenoxy) is 3. The molecule has 1 aliphatic heterocycles. The third-order valence-corrected chi connectivity index (χ3v) is 9.15. The van der Waals surface area contributed by atoms with E-state index in [4.69, 9.17) is 14.2 Å². The molecule has 3 aromatic rings. The van der Waals surface area contributed by atoms with Crippen LogP contribution in [0.2, 0.25) is 0 Å². The number of hydrogen-bond acceptors (Lipinski definition) is 9. The van der Waals surface area contributed by atoms with Crippen LogP contribution in [0, 0.1) is 5.92 Å². The molecule has 2 heterocycles. The Morgan fingerprint density at radius 1 is 1.00 bits per heavy atom. The van der Waals surface area contributed by atoms with Gasteiger partial charge in [0.2, 0.25) is 12.3 Å². The molecule has 0 saturated carbocycles. The Hall–Kier alpha value is -4.30. The summed E-state index contributed by atoms with van der Waals surface area (Å²) in [5, 5.41) is 18.8. The van der Waals surface area contributed by atoms with Crippen LogP contribution in [0.1, 0.15) is 77.1 Å². The fourth-order valence-electron chi connectivity index (χ4n) is 6.29. The predicted octanol–water partition coefficient (Wildman–Crippen LogP) is 4.37. The molecule has 13 heteroatoms. The number of rotatable bonds is 13. The maximum Gasteiger partial charge on any atom is 0.410 e. The van der Waals surface area contributed by atoms with E-state index in [9.17, 15) is 19.5 Å². The average molecular weight is 705 g/mol. The molecular weight excluding hydrogens is 652 g/mol. The van der Waals surface area contributed by atoms with E-state index in [2.05, 4.69) is 27.9 Å². The molecular formula is C38H52N6O7. The van der Waals surface area contributed by atoms with E-state index in [0.29, 0.717) is 25.4 Å². The first-order valence-corrected chi connectivity index (χ1v) is 17.6. The Morgan fingerprint density at radius 3 is 2.39 bits per heavy atom. The van der Waals surface area contributed by atoms with Crippen LogP contribution in [-0.2, 0) is 36.8 Å². The molecule has 0 spiro atoms. The minimum Gasteiger partial charge on any atom is -0.443 e. The second-order valence-electron chi connectivity index (χ2n) is 15.0. The molecule has 1 aromatic heterocycles. The summed E-state index contributed by atoms with van der Waals surface area (Å²) in [6.45, 7) is 12.2. The highest BCUT2D eigenvalue weighted by molar-refractivity contribution is 5.98. The number of aliphatic hydroxyl groups is 1. The first-order chi connectivity index (χ1) is 24.2. The lowest BCUT2D eigenvalue weighted by Crippen LogP contribution is -2.61. The van der Waals surface area contributed by atoms with E-state index in [0.717, 1.165) is 29.5 Å². The summed E-state index contributed by atoms with van der Waals surface area (Å²) >= 11 is 0. The summed E-state index contributed by atoms with van der Waals surface area (Å²) in [6, 6.07) is 16.0. The maximum atomic E-state index is 13.7. The fraction of sp³-hybridized carbons (Fsp3) is 0.526. The number of hydrogen-bond donors (Lipinski definition) is 4.